The summed E-state index contributed by atoms with van der Waals surface area (Å²) in [4.78, 5) is 14.3. The Kier molecular flexibility index (Phi) is 4.40. The molecule has 6 heteroatoms. The van der Waals surface area contributed by atoms with Crippen LogP contribution < -0.4 is 10.6 Å². The molecule has 2 fully saturated rings. The van der Waals surface area contributed by atoms with E-state index in [9.17, 15) is 13.6 Å². The molecule has 2 unspecified atom stereocenters. The van der Waals surface area contributed by atoms with Crippen molar-refractivity contribution in [3.05, 3.63) is 35.9 Å². The molecule has 0 bridgehead atoms. The van der Waals surface area contributed by atoms with E-state index in [1.165, 1.54) is 5.56 Å². The highest BCUT2D eigenvalue weighted by Crippen LogP contribution is 2.25. The van der Waals surface area contributed by atoms with Gasteiger partial charge in [-0.1, -0.05) is 30.3 Å². The summed E-state index contributed by atoms with van der Waals surface area (Å²) in [7, 11) is 0. The fourth-order valence-corrected chi connectivity index (χ4v) is 3.14. The van der Waals surface area contributed by atoms with E-state index in [0.29, 0.717) is 0 Å². The third kappa shape index (κ3) is 3.81. The molecule has 2 heterocycles. The fraction of sp³-hybridized carbons (Fsp3) is 0.562. The molecule has 2 atom stereocenters. The lowest BCUT2D eigenvalue weighted by Gasteiger charge is -2.18. The Morgan fingerprint density at radius 2 is 2.14 bits per heavy atom. The van der Waals surface area contributed by atoms with Crippen LogP contribution in [0.5, 0.6) is 0 Å². The van der Waals surface area contributed by atoms with Gasteiger partial charge >= 0.3 is 0 Å². The Morgan fingerprint density at radius 1 is 1.36 bits per heavy atom. The lowest BCUT2D eigenvalue weighted by Crippen LogP contribution is -2.46. The summed E-state index contributed by atoms with van der Waals surface area (Å²) in [6.07, 6.45) is 0.459. The first kappa shape index (κ1) is 15.4. The van der Waals surface area contributed by atoms with Gasteiger partial charge in [0.05, 0.1) is 12.6 Å². The smallest absolute Gasteiger partial charge is 0.262 e. The van der Waals surface area contributed by atoms with Crippen LogP contribution in [0, 0.1) is 0 Å². The van der Waals surface area contributed by atoms with Gasteiger partial charge in [0.25, 0.3) is 5.92 Å². The number of halogens is 2. The zero-order chi connectivity index (χ0) is 15.6. The molecule has 0 spiro atoms. The average molecular weight is 309 g/mol. The normalized spacial score (nSPS) is 27.9. The summed E-state index contributed by atoms with van der Waals surface area (Å²) in [6.45, 7) is 2.13. The largest absolute Gasteiger partial charge is 0.351 e. The molecule has 22 heavy (non-hydrogen) atoms. The summed E-state index contributed by atoms with van der Waals surface area (Å²) in [6, 6.07) is 9.45. The van der Waals surface area contributed by atoms with Crippen LogP contribution >= 0.6 is 0 Å². The molecule has 1 aromatic rings. The topological polar surface area (TPSA) is 44.4 Å². The van der Waals surface area contributed by atoms with Crippen LogP contribution in [0.2, 0.25) is 0 Å². The lowest BCUT2D eigenvalue weighted by molar-refractivity contribution is -0.124. The Balaban J connectivity index is 1.46. The number of rotatable bonds is 4. The predicted octanol–water partition coefficient (Wildman–Crippen LogP) is 1.37. The highest BCUT2D eigenvalue weighted by atomic mass is 19.3. The number of alkyl halides is 2. The summed E-state index contributed by atoms with van der Waals surface area (Å²) in [5.74, 6) is -3.07. The first-order chi connectivity index (χ1) is 10.5. The van der Waals surface area contributed by atoms with Crippen LogP contribution in [0.15, 0.2) is 30.3 Å². The molecule has 120 valence electrons. The summed E-state index contributed by atoms with van der Waals surface area (Å²) < 4.78 is 26.2. The third-order valence-electron chi connectivity index (χ3n) is 4.29. The van der Waals surface area contributed by atoms with Crippen molar-refractivity contribution in [3.63, 3.8) is 0 Å². The van der Waals surface area contributed by atoms with Crippen LogP contribution in [0.25, 0.3) is 0 Å². The van der Waals surface area contributed by atoms with E-state index in [4.69, 9.17) is 0 Å². The first-order valence-corrected chi connectivity index (χ1v) is 7.70. The third-order valence-corrected chi connectivity index (χ3v) is 4.29. The molecule has 0 saturated carbocycles. The van der Waals surface area contributed by atoms with E-state index >= 15 is 0 Å². The Labute approximate surface area is 128 Å². The molecule has 1 aromatic carbocycles. The van der Waals surface area contributed by atoms with Crippen molar-refractivity contribution in [2.75, 3.05) is 19.6 Å². The monoisotopic (exact) mass is 309 g/mol. The summed E-state index contributed by atoms with van der Waals surface area (Å²) in [5, 5.41) is 5.49. The Bertz CT molecular complexity index is 523. The lowest BCUT2D eigenvalue weighted by atomic mass is 10.1. The van der Waals surface area contributed by atoms with Gasteiger partial charge in [0.1, 0.15) is 0 Å². The van der Waals surface area contributed by atoms with Crippen LogP contribution in [-0.2, 0) is 11.3 Å². The summed E-state index contributed by atoms with van der Waals surface area (Å²) >= 11 is 0. The van der Waals surface area contributed by atoms with Crippen LogP contribution in [-0.4, -0.2) is 48.4 Å². The molecule has 3 rings (SSSR count). The molecule has 2 N–H and O–H groups in total. The molecule has 2 aliphatic heterocycles. The number of likely N-dealkylation sites (tertiary alicyclic amines) is 1. The van der Waals surface area contributed by atoms with E-state index in [0.717, 1.165) is 26.1 Å². The SMILES string of the molecule is O=C(NC1CCN(Cc2ccccc2)C1)C1CC(F)(F)CN1. The van der Waals surface area contributed by atoms with Crippen molar-refractivity contribution >= 4 is 5.91 Å². The second kappa shape index (κ2) is 6.30. The molecule has 1 amide bonds. The van der Waals surface area contributed by atoms with Crippen molar-refractivity contribution in [1.82, 2.24) is 15.5 Å². The van der Waals surface area contributed by atoms with E-state index in [2.05, 4.69) is 27.7 Å². The van der Waals surface area contributed by atoms with Gasteiger partial charge in [-0.2, -0.15) is 0 Å². The number of amides is 1. The molecular formula is C16H21F2N3O. The van der Waals surface area contributed by atoms with Gasteiger partial charge in [-0.25, -0.2) is 8.78 Å². The standard InChI is InChI=1S/C16H21F2N3O/c17-16(18)8-14(19-11-16)15(22)20-13-6-7-21(10-13)9-12-4-2-1-3-5-12/h1-5,13-14,19H,6-11H2,(H,20,22). The van der Waals surface area contributed by atoms with Crippen molar-refractivity contribution < 1.29 is 13.6 Å². The van der Waals surface area contributed by atoms with Gasteiger partial charge in [-0.05, 0) is 12.0 Å². The number of carbonyl (C=O) groups is 1. The Hall–Kier alpha value is -1.53. The zero-order valence-corrected chi connectivity index (χ0v) is 12.4. The van der Waals surface area contributed by atoms with Gasteiger partial charge in [0, 0.05) is 32.1 Å². The molecular weight excluding hydrogens is 288 g/mol. The number of nitrogens with one attached hydrogen (secondary N) is 2. The van der Waals surface area contributed by atoms with Crippen LogP contribution in [0.1, 0.15) is 18.4 Å². The van der Waals surface area contributed by atoms with Gasteiger partial charge in [0.15, 0.2) is 0 Å². The quantitative estimate of drug-likeness (QED) is 0.883. The van der Waals surface area contributed by atoms with E-state index in [1.54, 1.807) is 0 Å². The highest BCUT2D eigenvalue weighted by Gasteiger charge is 2.42. The second-order valence-corrected chi connectivity index (χ2v) is 6.21. The number of carbonyl (C=O) groups excluding carboxylic acids is 1. The fourth-order valence-electron chi connectivity index (χ4n) is 3.14. The molecule has 2 aliphatic rings. The summed E-state index contributed by atoms with van der Waals surface area (Å²) in [5.41, 5.74) is 1.24. The Morgan fingerprint density at radius 3 is 2.82 bits per heavy atom. The molecule has 4 nitrogen and oxygen atoms in total. The van der Waals surface area contributed by atoms with E-state index in [1.807, 2.05) is 18.2 Å². The van der Waals surface area contributed by atoms with Gasteiger partial charge in [-0.3, -0.25) is 15.0 Å². The van der Waals surface area contributed by atoms with Crippen LogP contribution in [0.3, 0.4) is 0 Å². The first-order valence-electron chi connectivity index (χ1n) is 7.70. The minimum Gasteiger partial charge on any atom is -0.351 e. The number of hydrogen-bond donors (Lipinski definition) is 2. The van der Waals surface area contributed by atoms with Crippen molar-refractivity contribution in [1.29, 1.82) is 0 Å². The number of nitrogens with zero attached hydrogens (tertiary/aromatic N) is 1. The maximum absolute atomic E-state index is 13.1. The minimum absolute atomic E-state index is 0.0484. The van der Waals surface area contributed by atoms with Crippen molar-refractivity contribution in [2.24, 2.45) is 0 Å². The number of benzene rings is 1. The average Bonchev–Trinajstić information content (AvgIpc) is 3.06. The maximum atomic E-state index is 13.1. The molecule has 0 aromatic heterocycles. The second-order valence-electron chi connectivity index (χ2n) is 6.21. The van der Waals surface area contributed by atoms with Gasteiger partial charge in [-0.15, -0.1) is 0 Å². The maximum Gasteiger partial charge on any atom is 0.262 e. The molecule has 2 saturated heterocycles. The number of hydrogen-bond acceptors (Lipinski definition) is 3. The molecule has 0 aliphatic carbocycles. The van der Waals surface area contributed by atoms with Gasteiger partial charge < -0.3 is 5.32 Å². The van der Waals surface area contributed by atoms with Gasteiger partial charge in [0.2, 0.25) is 5.91 Å². The predicted molar refractivity (Wildman–Crippen MR) is 79.6 cm³/mol. The van der Waals surface area contributed by atoms with Crippen LogP contribution in [0.4, 0.5) is 8.78 Å². The zero-order valence-electron chi connectivity index (χ0n) is 12.4. The van der Waals surface area contributed by atoms with E-state index < -0.39 is 24.9 Å². The van der Waals surface area contributed by atoms with Crippen molar-refractivity contribution in [3.8, 4) is 0 Å². The van der Waals surface area contributed by atoms with E-state index in [-0.39, 0.29) is 11.9 Å². The molecule has 0 radical (unpaired) electrons. The highest BCUT2D eigenvalue weighted by molar-refractivity contribution is 5.82. The minimum atomic E-state index is -2.77. The van der Waals surface area contributed by atoms with Crippen molar-refractivity contribution in [2.45, 2.75) is 37.4 Å².